The predicted molar refractivity (Wildman–Crippen MR) is 84.9 cm³/mol. The summed E-state index contributed by atoms with van der Waals surface area (Å²) in [5.74, 6) is 0. The number of carbonyl (C=O) groups is 1. The van der Waals surface area contributed by atoms with Crippen molar-refractivity contribution in [3.05, 3.63) is 77.9 Å². The second-order valence-corrected chi connectivity index (χ2v) is 4.64. The molecule has 0 spiro atoms. The van der Waals surface area contributed by atoms with Gasteiger partial charge in [0.2, 0.25) is 0 Å². The maximum absolute atomic E-state index is 11.6. The number of benzene rings is 2. The van der Waals surface area contributed by atoms with E-state index in [0.717, 1.165) is 23.1 Å². The summed E-state index contributed by atoms with van der Waals surface area (Å²) in [4.78, 5) is 11.6. The van der Waals surface area contributed by atoms with Crippen LogP contribution in [0.4, 0.5) is 4.79 Å². The highest BCUT2D eigenvalue weighted by Gasteiger charge is 2.03. The van der Waals surface area contributed by atoms with E-state index in [-0.39, 0.29) is 6.61 Å². The van der Waals surface area contributed by atoms with Gasteiger partial charge in [-0.1, -0.05) is 67.3 Å². The molecule has 0 aliphatic heterocycles. The molecule has 3 heteroatoms. The average Bonchev–Trinajstić information content (AvgIpc) is 2.54. The fourth-order valence-electron chi connectivity index (χ4n) is 2.03. The monoisotopic (exact) mass is 281 g/mol. The van der Waals surface area contributed by atoms with Crippen LogP contribution in [0.15, 0.2) is 61.2 Å². The minimum Gasteiger partial charge on any atom is -0.445 e. The third-order valence-corrected chi connectivity index (χ3v) is 3.15. The van der Waals surface area contributed by atoms with Crippen molar-refractivity contribution in [1.29, 1.82) is 0 Å². The Balaban J connectivity index is 1.73. The van der Waals surface area contributed by atoms with Gasteiger partial charge >= 0.3 is 6.09 Å². The maximum atomic E-state index is 11.6. The van der Waals surface area contributed by atoms with E-state index >= 15 is 0 Å². The molecule has 0 unspecified atom stereocenters. The Kier molecular flexibility index (Phi) is 5.59. The molecule has 0 aromatic heterocycles. The van der Waals surface area contributed by atoms with E-state index in [1.807, 2.05) is 60.7 Å². The molecule has 0 bridgehead atoms. The summed E-state index contributed by atoms with van der Waals surface area (Å²) < 4.78 is 5.15. The van der Waals surface area contributed by atoms with Crippen molar-refractivity contribution in [2.75, 3.05) is 6.54 Å². The molecule has 1 amide bonds. The van der Waals surface area contributed by atoms with Crippen LogP contribution in [0, 0.1) is 0 Å². The van der Waals surface area contributed by atoms with Crippen LogP contribution in [-0.2, 0) is 17.8 Å². The molecule has 2 rings (SSSR count). The van der Waals surface area contributed by atoms with Crippen LogP contribution in [0.25, 0.3) is 6.08 Å². The second-order valence-electron chi connectivity index (χ2n) is 4.64. The largest absolute Gasteiger partial charge is 0.445 e. The highest BCUT2D eigenvalue weighted by Crippen LogP contribution is 2.10. The van der Waals surface area contributed by atoms with Gasteiger partial charge in [-0.05, 0) is 23.1 Å². The van der Waals surface area contributed by atoms with Gasteiger partial charge in [-0.25, -0.2) is 4.79 Å². The molecule has 1 N–H and O–H groups in total. The highest BCUT2D eigenvalue weighted by molar-refractivity contribution is 5.67. The lowest BCUT2D eigenvalue weighted by molar-refractivity contribution is 0.140. The quantitative estimate of drug-likeness (QED) is 0.874. The fraction of sp³-hybridized carbons (Fsp3) is 0.167. The van der Waals surface area contributed by atoms with E-state index in [0.29, 0.717) is 6.54 Å². The van der Waals surface area contributed by atoms with Gasteiger partial charge in [0.05, 0.1) is 0 Å². The van der Waals surface area contributed by atoms with Crippen molar-refractivity contribution >= 4 is 12.2 Å². The van der Waals surface area contributed by atoms with Gasteiger partial charge in [0.15, 0.2) is 0 Å². The molecular weight excluding hydrogens is 262 g/mol. The molecule has 0 radical (unpaired) electrons. The average molecular weight is 281 g/mol. The lowest BCUT2D eigenvalue weighted by atomic mass is 10.0. The standard InChI is InChI=1S/C18H19NO2/c1-2-16-10-6-7-11-17(16)12-13-19-18(20)21-14-15-8-4-3-5-9-15/h2-11H,1,12-14H2,(H,19,20). The zero-order valence-corrected chi connectivity index (χ0v) is 11.9. The molecule has 0 aliphatic carbocycles. The number of ether oxygens (including phenoxy) is 1. The Morgan fingerprint density at radius 1 is 1.10 bits per heavy atom. The summed E-state index contributed by atoms with van der Waals surface area (Å²) in [5.41, 5.74) is 3.23. The van der Waals surface area contributed by atoms with Crippen LogP contribution >= 0.6 is 0 Å². The van der Waals surface area contributed by atoms with Crippen LogP contribution in [0.3, 0.4) is 0 Å². The Labute approximate surface area is 125 Å². The van der Waals surface area contributed by atoms with Gasteiger partial charge < -0.3 is 10.1 Å². The first kappa shape index (κ1) is 14.9. The van der Waals surface area contributed by atoms with Crippen molar-refractivity contribution in [3.63, 3.8) is 0 Å². The molecule has 0 saturated carbocycles. The highest BCUT2D eigenvalue weighted by atomic mass is 16.5. The lowest BCUT2D eigenvalue weighted by Gasteiger charge is -2.08. The SMILES string of the molecule is C=Cc1ccccc1CCNC(=O)OCc1ccccc1. The van der Waals surface area contributed by atoms with Crippen molar-refractivity contribution in [1.82, 2.24) is 5.32 Å². The summed E-state index contributed by atoms with van der Waals surface area (Å²) in [7, 11) is 0. The molecule has 0 saturated heterocycles. The number of hydrogen-bond donors (Lipinski definition) is 1. The zero-order chi connectivity index (χ0) is 14.9. The summed E-state index contributed by atoms with van der Waals surface area (Å²) in [5, 5.41) is 2.76. The molecule has 0 heterocycles. The van der Waals surface area contributed by atoms with Gasteiger partial charge in [-0.2, -0.15) is 0 Å². The molecule has 0 aliphatic rings. The van der Waals surface area contributed by atoms with Crippen molar-refractivity contribution in [2.45, 2.75) is 13.0 Å². The number of nitrogens with one attached hydrogen (secondary N) is 1. The minimum atomic E-state index is -0.394. The second kappa shape index (κ2) is 7.90. The van der Waals surface area contributed by atoms with E-state index in [2.05, 4.69) is 11.9 Å². The van der Waals surface area contributed by atoms with Gasteiger partial charge in [-0.3, -0.25) is 0 Å². The molecular formula is C18H19NO2. The van der Waals surface area contributed by atoms with E-state index in [1.165, 1.54) is 0 Å². The molecule has 21 heavy (non-hydrogen) atoms. The third-order valence-electron chi connectivity index (χ3n) is 3.15. The molecule has 2 aromatic carbocycles. The summed E-state index contributed by atoms with van der Waals surface area (Å²) >= 11 is 0. The van der Waals surface area contributed by atoms with E-state index in [1.54, 1.807) is 0 Å². The molecule has 108 valence electrons. The minimum absolute atomic E-state index is 0.288. The first-order chi connectivity index (χ1) is 10.3. The van der Waals surface area contributed by atoms with Gasteiger partial charge in [0.25, 0.3) is 0 Å². The van der Waals surface area contributed by atoms with Gasteiger partial charge in [0, 0.05) is 6.54 Å². The van der Waals surface area contributed by atoms with Crippen molar-refractivity contribution < 1.29 is 9.53 Å². The number of carbonyl (C=O) groups excluding carboxylic acids is 1. The number of hydrogen-bond acceptors (Lipinski definition) is 2. The summed E-state index contributed by atoms with van der Waals surface area (Å²) in [6.45, 7) is 4.61. The van der Waals surface area contributed by atoms with Gasteiger partial charge in [-0.15, -0.1) is 0 Å². The van der Waals surface area contributed by atoms with E-state index in [4.69, 9.17) is 4.74 Å². The Morgan fingerprint density at radius 3 is 2.57 bits per heavy atom. The number of amides is 1. The first-order valence-electron chi connectivity index (χ1n) is 6.94. The van der Waals surface area contributed by atoms with E-state index in [9.17, 15) is 4.79 Å². The normalized spacial score (nSPS) is 9.90. The zero-order valence-electron chi connectivity index (χ0n) is 11.9. The molecule has 3 nitrogen and oxygen atoms in total. The first-order valence-corrected chi connectivity index (χ1v) is 6.94. The maximum Gasteiger partial charge on any atom is 0.407 e. The van der Waals surface area contributed by atoms with Crippen molar-refractivity contribution in [3.8, 4) is 0 Å². The summed E-state index contributed by atoms with van der Waals surface area (Å²) in [6, 6.07) is 17.6. The van der Waals surface area contributed by atoms with Crippen LogP contribution in [-0.4, -0.2) is 12.6 Å². The molecule has 0 fully saturated rings. The Hall–Kier alpha value is -2.55. The Bertz CT molecular complexity index is 593. The fourth-order valence-corrected chi connectivity index (χ4v) is 2.03. The summed E-state index contributed by atoms with van der Waals surface area (Å²) in [6.07, 6.45) is 2.18. The van der Waals surface area contributed by atoms with Crippen LogP contribution in [0.5, 0.6) is 0 Å². The predicted octanol–water partition coefficient (Wildman–Crippen LogP) is 3.80. The van der Waals surface area contributed by atoms with Gasteiger partial charge in [0.1, 0.15) is 6.61 Å². The Morgan fingerprint density at radius 2 is 1.81 bits per heavy atom. The van der Waals surface area contributed by atoms with Crippen LogP contribution < -0.4 is 5.32 Å². The molecule has 2 aromatic rings. The molecule has 0 atom stereocenters. The number of rotatable bonds is 6. The van der Waals surface area contributed by atoms with Crippen LogP contribution in [0.1, 0.15) is 16.7 Å². The van der Waals surface area contributed by atoms with Crippen molar-refractivity contribution in [2.24, 2.45) is 0 Å². The van der Waals surface area contributed by atoms with E-state index < -0.39 is 6.09 Å². The lowest BCUT2D eigenvalue weighted by Crippen LogP contribution is -2.26. The number of alkyl carbamates (subject to hydrolysis) is 1. The van der Waals surface area contributed by atoms with Crippen LogP contribution in [0.2, 0.25) is 0 Å². The smallest absolute Gasteiger partial charge is 0.407 e. The topological polar surface area (TPSA) is 38.3 Å². The third kappa shape index (κ3) is 4.80.